The molecule has 0 aromatic heterocycles. The summed E-state index contributed by atoms with van der Waals surface area (Å²) in [6.07, 6.45) is -0.201. The van der Waals surface area contributed by atoms with Crippen LogP contribution in [0.5, 0.6) is 0 Å². The third-order valence-electron chi connectivity index (χ3n) is 3.75. The van der Waals surface area contributed by atoms with E-state index >= 15 is 0 Å². The van der Waals surface area contributed by atoms with E-state index in [9.17, 15) is 27.2 Å². The van der Waals surface area contributed by atoms with E-state index in [1.54, 1.807) is 6.92 Å². The Bertz CT molecular complexity index is 753. The molecule has 148 valence electrons. The minimum atomic E-state index is -3.39. The van der Waals surface area contributed by atoms with Crippen LogP contribution in [0, 0.1) is 0 Å². The summed E-state index contributed by atoms with van der Waals surface area (Å²) in [6.45, 7) is 1.61. The summed E-state index contributed by atoms with van der Waals surface area (Å²) in [7, 11) is -3.39. The maximum absolute atomic E-state index is 13.3. The monoisotopic (exact) mass is 402 g/mol. The number of fused-ring (bicyclic) bond motifs is 2. The van der Waals surface area contributed by atoms with Gasteiger partial charge in [0.2, 0.25) is 15.9 Å². The van der Waals surface area contributed by atoms with Gasteiger partial charge in [-0.25, -0.2) is 32.0 Å². The summed E-state index contributed by atoms with van der Waals surface area (Å²) in [5.41, 5.74) is 0.500. The van der Waals surface area contributed by atoms with Crippen molar-refractivity contribution in [3.63, 3.8) is 0 Å². The van der Waals surface area contributed by atoms with Gasteiger partial charge >= 0.3 is 37.2 Å². The van der Waals surface area contributed by atoms with Crippen LogP contribution in [0.1, 0.15) is 8.35 Å². The zero-order valence-corrected chi connectivity index (χ0v) is 15.8. The minimum Gasteiger partial charge on any atom is -1.00 e. The molecule has 2 aliphatic rings. The molecule has 0 spiro atoms. The fourth-order valence-corrected chi connectivity index (χ4v) is 3.21. The second kappa shape index (κ2) is 9.03. The van der Waals surface area contributed by atoms with Gasteiger partial charge in [0, 0.05) is 13.1 Å². The average Bonchev–Trinajstić information content (AvgIpc) is 2.75. The van der Waals surface area contributed by atoms with Gasteiger partial charge in [0.1, 0.15) is 6.04 Å². The van der Waals surface area contributed by atoms with Crippen LogP contribution < -0.4 is 28.9 Å². The molecule has 0 aliphatic carbocycles. The van der Waals surface area contributed by atoms with E-state index in [4.69, 9.17) is 5.11 Å². The van der Waals surface area contributed by atoms with Gasteiger partial charge in [-0.05, 0) is 12.5 Å². The Morgan fingerprint density at radius 1 is 1.48 bits per heavy atom. The Labute approximate surface area is 168 Å². The number of carbonyl (C=O) groups is 3. The van der Waals surface area contributed by atoms with E-state index in [0.29, 0.717) is 10.6 Å². The van der Waals surface area contributed by atoms with Crippen molar-refractivity contribution in [3.8, 4) is 0 Å². The zero-order chi connectivity index (χ0) is 19.6. The van der Waals surface area contributed by atoms with Crippen molar-refractivity contribution in [2.75, 3.05) is 25.9 Å². The number of nitrogens with zero attached hydrogens (tertiary/aromatic N) is 2. The van der Waals surface area contributed by atoms with Crippen LogP contribution in [-0.4, -0.2) is 85.7 Å². The van der Waals surface area contributed by atoms with Gasteiger partial charge in [-0.3, -0.25) is 4.79 Å². The maximum Gasteiger partial charge on any atom is 1.00 e. The first kappa shape index (κ1) is 23.4. The van der Waals surface area contributed by atoms with Crippen LogP contribution in [-0.2, 0) is 24.4 Å². The molecule has 0 unspecified atom stereocenters. The molecule has 14 heteroatoms. The molecule has 27 heavy (non-hydrogen) atoms. The molecule has 0 radical (unpaired) electrons. The van der Waals surface area contributed by atoms with Gasteiger partial charge in [-0.1, -0.05) is 6.08 Å². The molecular weight excluding hydrogens is 382 g/mol. The number of alkyl halides is 1. The first-order valence-corrected chi connectivity index (χ1v) is 9.44. The fraction of sp³-hybridized carbons (Fsp3) is 0.615. The molecule has 3 amide bonds. The largest absolute Gasteiger partial charge is 1.00 e. The smallest absolute Gasteiger partial charge is 1.00 e. The quantitative estimate of drug-likeness (QED) is 0.211. The molecule has 0 aromatic carbocycles. The number of hydrogen-bond donors (Lipinski definition) is 3. The molecule has 0 aromatic rings. The van der Waals surface area contributed by atoms with Crippen LogP contribution in [0.2, 0.25) is 0 Å². The number of halogens is 1. The number of nitrogens with one attached hydrogen (secondary N) is 2. The summed E-state index contributed by atoms with van der Waals surface area (Å²) in [6, 6.07) is -2.52. The third-order valence-corrected chi connectivity index (χ3v) is 4.48. The molecular formula is C13H20FLiN4O7S. The Hall–Kier alpha value is -1.65. The second-order valence-electron chi connectivity index (χ2n) is 5.86. The molecule has 3 atom stereocenters. The van der Waals surface area contributed by atoms with Gasteiger partial charge in [0.15, 0.2) is 0 Å². The zero-order valence-electron chi connectivity index (χ0n) is 16.0. The van der Waals surface area contributed by atoms with Crippen LogP contribution in [0.3, 0.4) is 0 Å². The van der Waals surface area contributed by atoms with Crippen molar-refractivity contribution in [2.45, 2.75) is 25.4 Å². The maximum atomic E-state index is 13.3. The van der Waals surface area contributed by atoms with E-state index < -0.39 is 46.4 Å². The van der Waals surface area contributed by atoms with Crippen LogP contribution >= 0.6 is 0 Å². The van der Waals surface area contributed by atoms with Gasteiger partial charge in [0.25, 0.3) is 0 Å². The average molecular weight is 402 g/mol. The SMILES string of the molecule is CC1=C[C@@H]2CN(C(=O)N2O[C@@H](F)C(=O)O)[C@@H]1C(=O)NCCNS(C)(=O)=O.[H-].[Li+]. The summed E-state index contributed by atoms with van der Waals surface area (Å²) in [4.78, 5) is 40.9. The number of carbonyl (C=O) groups excluding carboxylic acids is 2. The summed E-state index contributed by atoms with van der Waals surface area (Å²) < 4.78 is 37.4. The number of hydrogen-bond acceptors (Lipinski definition) is 6. The van der Waals surface area contributed by atoms with Crippen molar-refractivity contribution in [2.24, 2.45) is 0 Å². The van der Waals surface area contributed by atoms with Crippen LogP contribution in [0.4, 0.5) is 9.18 Å². The van der Waals surface area contributed by atoms with E-state index in [2.05, 4.69) is 14.9 Å². The molecule has 2 aliphatic heterocycles. The van der Waals surface area contributed by atoms with E-state index in [-0.39, 0.29) is 39.9 Å². The fourth-order valence-electron chi connectivity index (χ4n) is 2.73. The Kier molecular flexibility index (Phi) is 7.82. The van der Waals surface area contributed by atoms with Crippen LogP contribution in [0.25, 0.3) is 0 Å². The summed E-state index contributed by atoms with van der Waals surface area (Å²) in [5.74, 6) is -2.42. The standard InChI is InChI=1S/C13H19FN4O7S.Li.H/c1-7-5-8-6-17(13(22)18(8)25-10(14)12(20)21)9(7)11(19)15-3-4-16-26(2,23)24;;/h5,8-10,16H,3-4,6H2,1-2H3,(H,15,19)(H,20,21);;/q;+1;-1/t8-,9+,10-;;/m1../s1. The normalized spacial score (nSPS) is 22.8. The number of carboxylic acids is 1. The number of amides is 3. The number of carboxylic acid groups (broad SMARTS) is 1. The van der Waals surface area contributed by atoms with Crippen molar-refractivity contribution >= 4 is 27.9 Å². The topological polar surface area (TPSA) is 145 Å². The summed E-state index contributed by atoms with van der Waals surface area (Å²) in [5, 5.41) is 11.7. The first-order chi connectivity index (χ1) is 12.0. The van der Waals surface area contributed by atoms with E-state index in [0.717, 1.165) is 11.2 Å². The number of rotatable bonds is 8. The predicted octanol–water partition coefficient (Wildman–Crippen LogP) is -4.49. The minimum absolute atomic E-state index is 0. The van der Waals surface area contributed by atoms with Crippen LogP contribution in [0.15, 0.2) is 11.6 Å². The number of hydroxylamine groups is 2. The van der Waals surface area contributed by atoms with Crippen molar-refractivity contribution in [1.29, 1.82) is 0 Å². The van der Waals surface area contributed by atoms with Crippen molar-refractivity contribution < 1.29 is 57.4 Å². The van der Waals surface area contributed by atoms with Gasteiger partial charge in [-0.2, -0.15) is 5.06 Å². The predicted molar refractivity (Wildman–Crippen MR) is 85.9 cm³/mol. The third kappa shape index (κ3) is 5.66. The van der Waals surface area contributed by atoms with Gasteiger partial charge in [0.05, 0.1) is 18.8 Å². The Morgan fingerprint density at radius 3 is 2.67 bits per heavy atom. The molecule has 1 fully saturated rings. The molecule has 0 saturated carbocycles. The summed E-state index contributed by atoms with van der Waals surface area (Å²) >= 11 is 0. The molecule has 11 nitrogen and oxygen atoms in total. The Morgan fingerprint density at radius 2 is 2.11 bits per heavy atom. The second-order valence-corrected chi connectivity index (χ2v) is 7.69. The first-order valence-electron chi connectivity index (χ1n) is 7.55. The van der Waals surface area contributed by atoms with Crippen molar-refractivity contribution in [3.05, 3.63) is 11.6 Å². The molecule has 2 bridgehead atoms. The number of aliphatic carboxylic acids is 1. The van der Waals surface area contributed by atoms with Gasteiger partial charge < -0.3 is 16.7 Å². The van der Waals surface area contributed by atoms with E-state index in [1.807, 2.05) is 0 Å². The molecule has 2 heterocycles. The number of sulfonamides is 1. The van der Waals surface area contributed by atoms with Crippen molar-refractivity contribution in [1.82, 2.24) is 20.0 Å². The molecule has 3 N–H and O–H groups in total. The Balaban J connectivity index is 0.00000364. The van der Waals surface area contributed by atoms with E-state index in [1.165, 1.54) is 6.08 Å². The number of urea groups is 1. The molecule has 1 saturated heterocycles. The molecule has 2 rings (SSSR count). The van der Waals surface area contributed by atoms with Gasteiger partial charge in [-0.15, -0.1) is 0 Å².